The van der Waals surface area contributed by atoms with Crippen LogP contribution in [0.4, 0.5) is 0 Å². The molecule has 1 saturated heterocycles. The van der Waals surface area contributed by atoms with Gasteiger partial charge in [-0.2, -0.15) is 0 Å². The summed E-state index contributed by atoms with van der Waals surface area (Å²) in [5.74, 6) is 0. The Labute approximate surface area is 88.4 Å². The van der Waals surface area contributed by atoms with Crippen LogP contribution >= 0.6 is 0 Å². The van der Waals surface area contributed by atoms with Crippen molar-refractivity contribution in [3.8, 4) is 0 Å². The lowest BCUT2D eigenvalue weighted by Gasteiger charge is -2.27. The Morgan fingerprint density at radius 3 is 2.36 bits per heavy atom. The Morgan fingerprint density at radius 1 is 1.07 bits per heavy atom. The van der Waals surface area contributed by atoms with E-state index in [-0.39, 0.29) is 0 Å². The molecule has 84 valence electrons. The van der Waals surface area contributed by atoms with Crippen LogP contribution < -0.4 is 5.32 Å². The lowest BCUT2D eigenvalue weighted by molar-refractivity contribution is 0.169. The third-order valence-electron chi connectivity index (χ3n) is 3.20. The Balaban J connectivity index is 2.28. The van der Waals surface area contributed by atoms with Gasteiger partial charge in [-0.15, -0.1) is 0 Å². The maximum atomic E-state index is 5.48. The highest BCUT2D eigenvalue weighted by Gasteiger charge is 2.32. The van der Waals surface area contributed by atoms with E-state index >= 15 is 0 Å². The highest BCUT2D eigenvalue weighted by molar-refractivity contribution is 4.90. The highest BCUT2D eigenvalue weighted by Crippen LogP contribution is 2.25. The van der Waals surface area contributed by atoms with Crippen LogP contribution in [0.1, 0.15) is 58.8 Å². The lowest BCUT2D eigenvalue weighted by atomic mass is 9.88. The van der Waals surface area contributed by atoms with Gasteiger partial charge >= 0.3 is 0 Å². The van der Waals surface area contributed by atoms with Crippen molar-refractivity contribution in [1.29, 1.82) is 0 Å². The van der Waals surface area contributed by atoms with E-state index in [1.54, 1.807) is 0 Å². The summed E-state index contributed by atoms with van der Waals surface area (Å²) >= 11 is 0. The van der Waals surface area contributed by atoms with Crippen molar-refractivity contribution in [1.82, 2.24) is 5.32 Å². The fourth-order valence-corrected chi connectivity index (χ4v) is 2.18. The predicted octanol–water partition coefficient (Wildman–Crippen LogP) is 3.07. The van der Waals surface area contributed by atoms with E-state index in [1.165, 1.54) is 44.9 Å². The van der Waals surface area contributed by atoms with Crippen molar-refractivity contribution in [2.75, 3.05) is 13.3 Å². The quantitative estimate of drug-likeness (QED) is 0.636. The highest BCUT2D eigenvalue weighted by atomic mass is 16.5. The Kier molecular flexibility index (Phi) is 5.49. The van der Waals surface area contributed by atoms with E-state index in [1.807, 2.05) is 0 Å². The molecule has 2 nitrogen and oxygen atoms in total. The van der Waals surface area contributed by atoms with Crippen LogP contribution in [0.2, 0.25) is 0 Å². The second-order valence-electron chi connectivity index (χ2n) is 4.51. The van der Waals surface area contributed by atoms with Crippen LogP contribution in [0.5, 0.6) is 0 Å². The summed E-state index contributed by atoms with van der Waals surface area (Å²) in [5, 5.41) is 3.54. The molecule has 0 aromatic heterocycles. The van der Waals surface area contributed by atoms with Crippen molar-refractivity contribution in [2.45, 2.75) is 64.3 Å². The van der Waals surface area contributed by atoms with Crippen molar-refractivity contribution < 1.29 is 4.74 Å². The first-order chi connectivity index (χ1) is 6.83. The molecule has 0 saturated carbocycles. The van der Waals surface area contributed by atoms with Gasteiger partial charge < -0.3 is 4.74 Å². The van der Waals surface area contributed by atoms with Crippen LogP contribution in [0.25, 0.3) is 0 Å². The Hall–Kier alpha value is -0.0800. The minimum atomic E-state index is 0.325. The third kappa shape index (κ3) is 3.58. The van der Waals surface area contributed by atoms with Gasteiger partial charge in [-0.25, -0.2) is 0 Å². The van der Waals surface area contributed by atoms with Gasteiger partial charge in [-0.1, -0.05) is 46.0 Å². The maximum Gasteiger partial charge on any atom is 0.0971 e. The molecule has 2 heteroatoms. The van der Waals surface area contributed by atoms with Gasteiger partial charge in [0.05, 0.1) is 13.3 Å². The van der Waals surface area contributed by atoms with Gasteiger partial charge in [0.1, 0.15) is 0 Å². The zero-order chi connectivity index (χ0) is 10.3. The van der Waals surface area contributed by atoms with E-state index in [4.69, 9.17) is 4.74 Å². The molecule has 0 amide bonds. The number of ether oxygens (including phenoxy) is 1. The Bertz CT molecular complexity index is 141. The summed E-state index contributed by atoms with van der Waals surface area (Å²) in [7, 11) is 0. The summed E-state index contributed by atoms with van der Waals surface area (Å²) in [5.41, 5.74) is 0.325. The molecule has 0 aromatic rings. The molecule has 1 aliphatic rings. The molecular weight excluding hydrogens is 174 g/mol. The average molecular weight is 199 g/mol. The molecule has 1 rings (SSSR count). The predicted molar refractivity (Wildman–Crippen MR) is 60.4 cm³/mol. The van der Waals surface area contributed by atoms with Gasteiger partial charge in [-0.3, -0.25) is 5.32 Å². The van der Waals surface area contributed by atoms with E-state index in [0.717, 1.165) is 13.3 Å². The molecule has 0 aliphatic carbocycles. The second kappa shape index (κ2) is 6.41. The van der Waals surface area contributed by atoms with Crippen molar-refractivity contribution in [2.24, 2.45) is 0 Å². The number of nitrogens with one attached hydrogen (secondary N) is 1. The molecule has 1 atom stereocenters. The van der Waals surface area contributed by atoms with Gasteiger partial charge in [0.25, 0.3) is 0 Å². The SMILES string of the molecule is CCCCCC1(CCCC)COCN1. The summed E-state index contributed by atoms with van der Waals surface area (Å²) in [6.07, 6.45) is 9.20. The third-order valence-corrected chi connectivity index (χ3v) is 3.20. The van der Waals surface area contributed by atoms with Crippen LogP contribution in [-0.4, -0.2) is 18.9 Å². The first kappa shape index (κ1) is 12.0. The van der Waals surface area contributed by atoms with Gasteiger partial charge in [-0.05, 0) is 12.8 Å². The monoisotopic (exact) mass is 199 g/mol. The first-order valence-corrected chi connectivity index (χ1v) is 6.16. The molecule has 0 bridgehead atoms. The van der Waals surface area contributed by atoms with Crippen molar-refractivity contribution >= 4 is 0 Å². The molecule has 1 unspecified atom stereocenters. The first-order valence-electron chi connectivity index (χ1n) is 6.16. The van der Waals surface area contributed by atoms with E-state index in [2.05, 4.69) is 19.2 Å². The summed E-state index contributed by atoms with van der Waals surface area (Å²) < 4.78 is 5.48. The summed E-state index contributed by atoms with van der Waals surface area (Å²) in [4.78, 5) is 0. The zero-order valence-electron chi connectivity index (χ0n) is 9.77. The van der Waals surface area contributed by atoms with Crippen LogP contribution in [0, 0.1) is 0 Å². The molecule has 1 heterocycles. The molecule has 1 aliphatic heterocycles. The standard InChI is InChI=1S/C12H25NO/c1-3-5-7-9-12(8-6-4-2)10-14-11-13-12/h13H,3-11H2,1-2H3. The smallest absolute Gasteiger partial charge is 0.0971 e. The minimum absolute atomic E-state index is 0.325. The van der Waals surface area contributed by atoms with Crippen LogP contribution in [-0.2, 0) is 4.74 Å². The fourth-order valence-electron chi connectivity index (χ4n) is 2.18. The van der Waals surface area contributed by atoms with Gasteiger partial charge in [0.2, 0.25) is 0 Å². The average Bonchev–Trinajstić information content (AvgIpc) is 2.65. The molecule has 0 spiro atoms. The number of unbranched alkanes of at least 4 members (excludes halogenated alkanes) is 3. The normalized spacial score (nSPS) is 27.0. The molecule has 0 radical (unpaired) electrons. The lowest BCUT2D eigenvalue weighted by Crippen LogP contribution is -2.42. The maximum absolute atomic E-state index is 5.48. The molecule has 1 fully saturated rings. The minimum Gasteiger partial charge on any atom is -0.364 e. The van der Waals surface area contributed by atoms with Gasteiger partial charge in [0.15, 0.2) is 0 Å². The molecular formula is C12H25NO. The number of hydrogen-bond donors (Lipinski definition) is 1. The van der Waals surface area contributed by atoms with E-state index in [9.17, 15) is 0 Å². The second-order valence-corrected chi connectivity index (χ2v) is 4.51. The molecule has 14 heavy (non-hydrogen) atoms. The van der Waals surface area contributed by atoms with Crippen molar-refractivity contribution in [3.05, 3.63) is 0 Å². The Morgan fingerprint density at radius 2 is 1.79 bits per heavy atom. The van der Waals surface area contributed by atoms with Crippen molar-refractivity contribution in [3.63, 3.8) is 0 Å². The van der Waals surface area contributed by atoms with Gasteiger partial charge in [0, 0.05) is 5.54 Å². The molecule has 0 aromatic carbocycles. The zero-order valence-corrected chi connectivity index (χ0v) is 9.77. The van der Waals surface area contributed by atoms with Crippen LogP contribution in [0.3, 0.4) is 0 Å². The number of rotatable bonds is 7. The van der Waals surface area contributed by atoms with E-state index in [0.29, 0.717) is 5.54 Å². The largest absolute Gasteiger partial charge is 0.364 e. The summed E-state index contributed by atoms with van der Waals surface area (Å²) in [6.45, 7) is 6.21. The fraction of sp³-hybridized carbons (Fsp3) is 1.00. The number of hydrogen-bond acceptors (Lipinski definition) is 2. The summed E-state index contributed by atoms with van der Waals surface area (Å²) in [6, 6.07) is 0. The topological polar surface area (TPSA) is 21.3 Å². The van der Waals surface area contributed by atoms with Crippen LogP contribution in [0.15, 0.2) is 0 Å². The van der Waals surface area contributed by atoms with E-state index < -0.39 is 0 Å². The molecule has 1 N–H and O–H groups in total.